The summed E-state index contributed by atoms with van der Waals surface area (Å²) in [5, 5.41) is 22.1. The number of nitrogens with one attached hydrogen (secondary N) is 1. The number of benzene rings is 1. The van der Waals surface area contributed by atoms with Gasteiger partial charge in [0.05, 0.1) is 11.5 Å². The van der Waals surface area contributed by atoms with Crippen LogP contribution in [0.4, 0.5) is 11.6 Å². The quantitative estimate of drug-likeness (QED) is 0.523. The van der Waals surface area contributed by atoms with Gasteiger partial charge in [-0.1, -0.05) is 29.3 Å². The maximum absolute atomic E-state index is 12.3. The smallest absolute Gasteiger partial charge is 0.288 e. The van der Waals surface area contributed by atoms with Gasteiger partial charge in [-0.05, 0) is 12.1 Å². The molecule has 2 heterocycles. The Labute approximate surface area is 156 Å². The molecular weight excluding hydrogens is 385 g/mol. The Balaban J connectivity index is 1.78. The molecule has 0 saturated carbocycles. The Bertz CT molecular complexity index is 978. The first-order valence-electron chi connectivity index (χ1n) is 7.17. The van der Waals surface area contributed by atoms with E-state index in [9.17, 15) is 14.9 Å². The Kier molecular flexibility index (Phi) is 4.87. The molecule has 2 aromatic heterocycles. The molecule has 0 radical (unpaired) electrons. The summed E-state index contributed by atoms with van der Waals surface area (Å²) >= 11 is 12.2. The molecule has 1 amide bonds. The molecular formula is C14H11Cl2N7O3. The fraction of sp³-hybridized carbons (Fsp3) is 0.143. The summed E-state index contributed by atoms with van der Waals surface area (Å²) in [6, 6.07) is 5.12. The van der Waals surface area contributed by atoms with Crippen molar-refractivity contribution in [2.75, 3.05) is 5.32 Å². The number of nitrogens with zero attached hydrogens (tertiary/aromatic N) is 6. The highest BCUT2D eigenvalue weighted by atomic mass is 35.5. The van der Waals surface area contributed by atoms with E-state index in [4.69, 9.17) is 23.2 Å². The molecule has 0 bridgehead atoms. The van der Waals surface area contributed by atoms with E-state index in [-0.39, 0.29) is 18.2 Å². The second kappa shape index (κ2) is 7.10. The first-order valence-corrected chi connectivity index (χ1v) is 7.92. The van der Waals surface area contributed by atoms with Crippen LogP contribution in [0.2, 0.25) is 10.0 Å². The number of carbonyl (C=O) groups is 1. The van der Waals surface area contributed by atoms with Crippen molar-refractivity contribution in [1.82, 2.24) is 24.5 Å². The van der Waals surface area contributed by atoms with Crippen LogP contribution in [0.15, 0.2) is 30.7 Å². The van der Waals surface area contributed by atoms with Gasteiger partial charge in [-0.15, -0.1) is 5.10 Å². The molecule has 3 aromatic rings. The molecule has 134 valence electrons. The van der Waals surface area contributed by atoms with Crippen molar-refractivity contribution in [2.45, 2.75) is 6.54 Å². The molecule has 0 aliphatic rings. The Morgan fingerprint density at radius 3 is 2.69 bits per heavy atom. The molecule has 0 atom stereocenters. The number of hydrogen-bond donors (Lipinski definition) is 1. The molecule has 1 N–H and O–H groups in total. The average Bonchev–Trinajstić information content (AvgIpc) is 3.17. The monoisotopic (exact) mass is 395 g/mol. The van der Waals surface area contributed by atoms with E-state index in [1.807, 2.05) is 0 Å². The minimum Gasteiger partial charge on any atom is -0.288 e. The zero-order valence-corrected chi connectivity index (χ0v) is 14.8. The number of carbonyl (C=O) groups excluding carboxylic acids is 1. The van der Waals surface area contributed by atoms with Gasteiger partial charge in [0.25, 0.3) is 5.91 Å². The molecule has 26 heavy (non-hydrogen) atoms. The number of nitro groups is 1. The summed E-state index contributed by atoms with van der Waals surface area (Å²) in [6.45, 7) is 0.243. The Hall–Kier alpha value is -2.98. The molecule has 0 aliphatic heterocycles. The van der Waals surface area contributed by atoms with Gasteiger partial charge in [0.1, 0.15) is 12.5 Å². The predicted molar refractivity (Wildman–Crippen MR) is 93.4 cm³/mol. The SMILES string of the molecule is Cn1ncc([N+](=O)[O-])c1C(=O)Nc1ncn(Cc2c(Cl)cccc2Cl)n1. The summed E-state index contributed by atoms with van der Waals surface area (Å²) in [4.78, 5) is 26.5. The van der Waals surface area contributed by atoms with Crippen LogP contribution in [0.5, 0.6) is 0 Å². The Morgan fingerprint density at radius 1 is 1.35 bits per heavy atom. The van der Waals surface area contributed by atoms with Crippen molar-refractivity contribution in [2.24, 2.45) is 7.05 Å². The standard InChI is InChI=1S/C14H11Cl2N7O3/c1-21-12(11(5-18-21)23(25)26)13(24)19-14-17-7-22(20-14)6-8-9(15)3-2-4-10(8)16/h2-5,7H,6H2,1H3,(H,19,20,24). The lowest BCUT2D eigenvalue weighted by molar-refractivity contribution is -0.385. The zero-order valence-electron chi connectivity index (χ0n) is 13.3. The molecule has 0 saturated heterocycles. The number of hydrogen-bond acceptors (Lipinski definition) is 6. The van der Waals surface area contributed by atoms with Gasteiger partial charge >= 0.3 is 5.69 Å². The van der Waals surface area contributed by atoms with Crippen molar-refractivity contribution in [3.05, 3.63) is 62.1 Å². The van der Waals surface area contributed by atoms with Crippen molar-refractivity contribution in [3.8, 4) is 0 Å². The van der Waals surface area contributed by atoms with E-state index in [1.54, 1.807) is 18.2 Å². The van der Waals surface area contributed by atoms with E-state index in [2.05, 4.69) is 20.5 Å². The van der Waals surface area contributed by atoms with E-state index in [0.717, 1.165) is 10.9 Å². The lowest BCUT2D eigenvalue weighted by Gasteiger charge is -2.06. The lowest BCUT2D eigenvalue weighted by atomic mass is 10.2. The van der Waals surface area contributed by atoms with Gasteiger partial charge in [-0.25, -0.2) is 9.67 Å². The van der Waals surface area contributed by atoms with Crippen LogP contribution in [0.25, 0.3) is 0 Å². The summed E-state index contributed by atoms with van der Waals surface area (Å²) in [6.07, 6.45) is 2.38. The van der Waals surface area contributed by atoms with Gasteiger partial charge in [0.2, 0.25) is 11.6 Å². The Morgan fingerprint density at radius 2 is 2.04 bits per heavy atom. The molecule has 1 aromatic carbocycles. The fourth-order valence-electron chi connectivity index (χ4n) is 2.26. The highest BCUT2D eigenvalue weighted by Crippen LogP contribution is 2.25. The van der Waals surface area contributed by atoms with Crippen molar-refractivity contribution in [1.29, 1.82) is 0 Å². The maximum Gasteiger partial charge on any atom is 0.320 e. The van der Waals surface area contributed by atoms with Gasteiger partial charge in [-0.2, -0.15) is 5.10 Å². The van der Waals surface area contributed by atoms with Gasteiger partial charge in [0.15, 0.2) is 0 Å². The topological polar surface area (TPSA) is 121 Å². The molecule has 3 rings (SSSR count). The van der Waals surface area contributed by atoms with Crippen LogP contribution in [-0.2, 0) is 13.6 Å². The van der Waals surface area contributed by atoms with Gasteiger partial charge < -0.3 is 0 Å². The second-order valence-electron chi connectivity index (χ2n) is 5.18. The van der Waals surface area contributed by atoms with E-state index in [0.29, 0.717) is 15.6 Å². The van der Waals surface area contributed by atoms with E-state index < -0.39 is 16.5 Å². The summed E-state index contributed by atoms with van der Waals surface area (Å²) in [5.41, 5.74) is 0.0358. The summed E-state index contributed by atoms with van der Waals surface area (Å²) < 4.78 is 2.54. The van der Waals surface area contributed by atoms with Gasteiger partial charge in [0, 0.05) is 22.7 Å². The number of anilines is 1. The van der Waals surface area contributed by atoms with E-state index >= 15 is 0 Å². The van der Waals surface area contributed by atoms with E-state index in [1.165, 1.54) is 18.1 Å². The molecule has 0 unspecified atom stereocenters. The van der Waals surface area contributed by atoms with Crippen LogP contribution in [0, 0.1) is 10.1 Å². The predicted octanol–water partition coefficient (Wildman–Crippen LogP) is 2.53. The first kappa shape index (κ1) is 17.8. The average molecular weight is 396 g/mol. The summed E-state index contributed by atoms with van der Waals surface area (Å²) in [5.74, 6) is -0.765. The van der Waals surface area contributed by atoms with Crippen LogP contribution >= 0.6 is 23.2 Å². The molecule has 0 aliphatic carbocycles. The highest BCUT2D eigenvalue weighted by molar-refractivity contribution is 6.35. The minimum absolute atomic E-state index is 0.0197. The number of aromatic nitrogens is 5. The third-order valence-electron chi connectivity index (χ3n) is 3.47. The molecule has 0 spiro atoms. The van der Waals surface area contributed by atoms with Crippen LogP contribution in [0.3, 0.4) is 0 Å². The molecule has 0 fully saturated rings. The number of halogens is 2. The lowest BCUT2D eigenvalue weighted by Crippen LogP contribution is -2.18. The zero-order chi connectivity index (χ0) is 18.8. The van der Waals surface area contributed by atoms with Crippen LogP contribution < -0.4 is 5.32 Å². The van der Waals surface area contributed by atoms with Crippen molar-refractivity contribution >= 4 is 40.7 Å². The number of rotatable bonds is 5. The number of aryl methyl sites for hydroxylation is 1. The minimum atomic E-state index is -0.745. The first-order chi connectivity index (χ1) is 12.4. The van der Waals surface area contributed by atoms with Gasteiger partial charge in [-0.3, -0.25) is 24.9 Å². The van der Waals surface area contributed by atoms with Crippen molar-refractivity contribution in [3.63, 3.8) is 0 Å². The van der Waals surface area contributed by atoms with Crippen LogP contribution in [0.1, 0.15) is 16.1 Å². The molecule has 12 heteroatoms. The largest absolute Gasteiger partial charge is 0.320 e. The van der Waals surface area contributed by atoms with Crippen LogP contribution in [-0.4, -0.2) is 35.4 Å². The number of amides is 1. The fourth-order valence-corrected chi connectivity index (χ4v) is 2.77. The normalized spacial score (nSPS) is 10.7. The maximum atomic E-state index is 12.3. The third kappa shape index (κ3) is 3.51. The molecule has 10 nitrogen and oxygen atoms in total. The highest BCUT2D eigenvalue weighted by Gasteiger charge is 2.26. The summed E-state index contributed by atoms with van der Waals surface area (Å²) in [7, 11) is 1.42. The van der Waals surface area contributed by atoms with Crippen molar-refractivity contribution < 1.29 is 9.72 Å². The third-order valence-corrected chi connectivity index (χ3v) is 4.18. The second-order valence-corrected chi connectivity index (χ2v) is 5.99.